The first-order valence-corrected chi connectivity index (χ1v) is 7.12. The molecule has 0 bridgehead atoms. The van der Waals surface area contributed by atoms with Crippen LogP contribution in [0.4, 0.5) is 10.1 Å². The van der Waals surface area contributed by atoms with Crippen LogP contribution in [-0.2, 0) is 0 Å². The molecule has 1 aliphatic rings. The predicted molar refractivity (Wildman–Crippen MR) is 80.1 cm³/mol. The van der Waals surface area contributed by atoms with Gasteiger partial charge < -0.3 is 9.80 Å². The van der Waals surface area contributed by atoms with E-state index in [4.69, 9.17) is 0 Å². The number of Topliss-reactive ketones (excluding diaryl/α,β-unsaturated/α-hetero) is 1. The Morgan fingerprint density at radius 1 is 1.45 bits per heavy atom. The second-order valence-corrected chi connectivity index (χ2v) is 5.84. The lowest BCUT2D eigenvalue weighted by Gasteiger charge is -2.38. The Morgan fingerprint density at radius 3 is 2.75 bits per heavy atom. The molecule has 3 nitrogen and oxygen atoms in total. The number of hydrogen-bond acceptors (Lipinski definition) is 3. The van der Waals surface area contributed by atoms with Gasteiger partial charge in [-0.3, -0.25) is 4.79 Å². The van der Waals surface area contributed by atoms with Crippen LogP contribution in [0.3, 0.4) is 0 Å². The van der Waals surface area contributed by atoms with Crippen LogP contribution in [-0.4, -0.2) is 43.9 Å². The largest absolute Gasteiger partial charge is 0.370 e. The molecule has 1 saturated heterocycles. The fraction of sp³-hybridized carbons (Fsp3) is 0.562. The third kappa shape index (κ3) is 3.01. The maximum Gasteiger partial charge on any atom is 0.161 e. The van der Waals surface area contributed by atoms with Gasteiger partial charge in [-0.1, -0.05) is 0 Å². The second kappa shape index (κ2) is 5.92. The van der Waals surface area contributed by atoms with Crippen LogP contribution in [0.2, 0.25) is 0 Å². The van der Waals surface area contributed by atoms with Crippen molar-refractivity contribution in [1.29, 1.82) is 0 Å². The summed E-state index contributed by atoms with van der Waals surface area (Å²) in [6, 6.07) is 3.54. The Bertz CT molecular complexity index is 515. The average molecular weight is 278 g/mol. The molecule has 1 atom stereocenters. The molecule has 0 N–H and O–H groups in total. The fourth-order valence-corrected chi connectivity index (χ4v) is 2.89. The second-order valence-electron chi connectivity index (χ2n) is 5.84. The van der Waals surface area contributed by atoms with Crippen LogP contribution in [0, 0.1) is 12.7 Å². The molecule has 2 rings (SSSR count). The van der Waals surface area contributed by atoms with Crippen molar-refractivity contribution in [2.75, 3.05) is 32.1 Å². The number of carbonyl (C=O) groups is 1. The van der Waals surface area contributed by atoms with Crippen molar-refractivity contribution in [2.24, 2.45) is 0 Å². The Balaban J connectivity index is 2.35. The highest BCUT2D eigenvalue weighted by Gasteiger charge is 2.24. The number of halogens is 1. The monoisotopic (exact) mass is 278 g/mol. The van der Waals surface area contributed by atoms with Crippen molar-refractivity contribution in [3.63, 3.8) is 0 Å². The van der Waals surface area contributed by atoms with E-state index in [-0.39, 0.29) is 11.6 Å². The molecule has 1 aliphatic heterocycles. The third-order valence-electron chi connectivity index (χ3n) is 4.18. The number of anilines is 1. The molecule has 0 aromatic heterocycles. The number of piperidine rings is 1. The highest BCUT2D eigenvalue weighted by molar-refractivity contribution is 6.00. The van der Waals surface area contributed by atoms with Crippen molar-refractivity contribution >= 4 is 11.5 Å². The van der Waals surface area contributed by atoms with E-state index in [9.17, 15) is 9.18 Å². The van der Waals surface area contributed by atoms with Gasteiger partial charge in [-0.15, -0.1) is 0 Å². The third-order valence-corrected chi connectivity index (χ3v) is 4.18. The first kappa shape index (κ1) is 15.0. The van der Waals surface area contributed by atoms with Gasteiger partial charge in [0.05, 0.1) is 0 Å². The molecule has 0 aliphatic carbocycles. The van der Waals surface area contributed by atoms with Crippen LogP contribution >= 0.6 is 0 Å². The van der Waals surface area contributed by atoms with Crippen LogP contribution in [0.15, 0.2) is 12.1 Å². The van der Waals surface area contributed by atoms with Gasteiger partial charge >= 0.3 is 0 Å². The minimum atomic E-state index is -0.312. The van der Waals surface area contributed by atoms with Crippen LogP contribution in [0.5, 0.6) is 0 Å². The van der Waals surface area contributed by atoms with Gasteiger partial charge in [-0.25, -0.2) is 4.39 Å². The molecule has 0 spiro atoms. The van der Waals surface area contributed by atoms with Crippen molar-refractivity contribution in [1.82, 2.24) is 4.90 Å². The molecule has 0 saturated carbocycles. The average Bonchev–Trinajstić information content (AvgIpc) is 2.40. The lowest BCUT2D eigenvalue weighted by atomic mass is 10.0. The van der Waals surface area contributed by atoms with Crippen molar-refractivity contribution in [3.8, 4) is 0 Å². The van der Waals surface area contributed by atoms with Crippen molar-refractivity contribution in [2.45, 2.75) is 32.7 Å². The zero-order valence-electron chi connectivity index (χ0n) is 12.7. The summed E-state index contributed by atoms with van der Waals surface area (Å²) in [6.07, 6.45) is 2.26. The quantitative estimate of drug-likeness (QED) is 0.794. The molecule has 0 radical (unpaired) electrons. The van der Waals surface area contributed by atoms with E-state index in [1.54, 1.807) is 13.0 Å². The molecule has 1 fully saturated rings. The van der Waals surface area contributed by atoms with E-state index in [2.05, 4.69) is 16.8 Å². The number of benzene rings is 1. The van der Waals surface area contributed by atoms with Gasteiger partial charge in [-0.05, 0) is 58.0 Å². The number of nitrogens with zero attached hydrogens (tertiary/aromatic N) is 2. The van der Waals surface area contributed by atoms with Crippen molar-refractivity contribution in [3.05, 3.63) is 29.1 Å². The molecular formula is C16H23FN2O. The summed E-state index contributed by atoms with van der Waals surface area (Å²) in [7, 11) is 4.12. The molecule has 4 heteroatoms. The Labute approximate surface area is 120 Å². The summed E-state index contributed by atoms with van der Waals surface area (Å²) in [5.41, 5.74) is 1.90. The van der Waals surface area contributed by atoms with Crippen LogP contribution < -0.4 is 4.90 Å². The van der Waals surface area contributed by atoms with E-state index >= 15 is 0 Å². The Kier molecular flexibility index (Phi) is 4.43. The van der Waals surface area contributed by atoms with Gasteiger partial charge in [0.25, 0.3) is 0 Å². The highest BCUT2D eigenvalue weighted by atomic mass is 19.1. The van der Waals surface area contributed by atoms with Gasteiger partial charge in [0, 0.05) is 30.9 Å². The fourth-order valence-electron chi connectivity index (χ4n) is 2.89. The SMILES string of the molecule is CC(=O)c1cc(F)c(C)cc1N(C)C1CCCN(C)C1. The minimum absolute atomic E-state index is 0.0880. The number of ketones is 1. The van der Waals surface area contributed by atoms with Crippen molar-refractivity contribution < 1.29 is 9.18 Å². The summed E-state index contributed by atoms with van der Waals surface area (Å²) in [5.74, 6) is -0.400. The molecule has 0 amide bonds. The summed E-state index contributed by atoms with van der Waals surface area (Å²) >= 11 is 0. The van der Waals surface area contributed by atoms with Gasteiger partial charge in [0.15, 0.2) is 5.78 Å². The number of likely N-dealkylation sites (N-methyl/N-ethyl adjacent to an activating group) is 2. The number of rotatable bonds is 3. The minimum Gasteiger partial charge on any atom is -0.370 e. The van der Waals surface area contributed by atoms with E-state index in [1.807, 2.05) is 7.05 Å². The normalized spacial score (nSPS) is 19.9. The molecule has 110 valence electrons. The van der Waals surface area contributed by atoms with E-state index in [0.717, 1.165) is 31.6 Å². The molecular weight excluding hydrogens is 255 g/mol. The first-order chi connectivity index (χ1) is 9.40. The summed E-state index contributed by atoms with van der Waals surface area (Å²) in [4.78, 5) is 16.2. The highest BCUT2D eigenvalue weighted by Crippen LogP contribution is 2.28. The lowest BCUT2D eigenvalue weighted by molar-refractivity contribution is 0.101. The Hall–Kier alpha value is -1.42. The molecule has 1 aromatic rings. The summed E-state index contributed by atoms with van der Waals surface area (Å²) < 4.78 is 13.7. The topological polar surface area (TPSA) is 23.6 Å². The summed E-state index contributed by atoms with van der Waals surface area (Å²) in [5, 5.41) is 0. The van der Waals surface area contributed by atoms with Gasteiger partial charge in [0.2, 0.25) is 0 Å². The molecule has 1 heterocycles. The number of carbonyl (C=O) groups excluding carboxylic acids is 1. The first-order valence-electron chi connectivity index (χ1n) is 7.12. The number of likely N-dealkylation sites (tertiary alicyclic amines) is 1. The van der Waals surface area contributed by atoms with E-state index < -0.39 is 0 Å². The summed E-state index contributed by atoms with van der Waals surface area (Å²) in [6.45, 7) is 5.33. The zero-order valence-corrected chi connectivity index (χ0v) is 12.7. The van der Waals surface area contributed by atoms with Gasteiger partial charge in [-0.2, -0.15) is 0 Å². The lowest BCUT2D eigenvalue weighted by Crippen LogP contribution is -2.45. The number of aryl methyl sites for hydroxylation is 1. The van der Waals surface area contributed by atoms with Crippen LogP contribution in [0.1, 0.15) is 35.7 Å². The van der Waals surface area contributed by atoms with Gasteiger partial charge in [0.1, 0.15) is 5.82 Å². The smallest absolute Gasteiger partial charge is 0.161 e. The molecule has 1 unspecified atom stereocenters. The zero-order chi connectivity index (χ0) is 14.9. The van der Waals surface area contributed by atoms with E-state index in [1.165, 1.54) is 13.0 Å². The maximum atomic E-state index is 13.7. The maximum absolute atomic E-state index is 13.7. The number of hydrogen-bond donors (Lipinski definition) is 0. The standard InChI is InChI=1S/C16H23FN2O/c1-11-8-16(14(12(2)20)9-15(11)17)19(4)13-6-5-7-18(3)10-13/h8-9,13H,5-7,10H2,1-4H3. The molecule has 1 aromatic carbocycles. The Morgan fingerprint density at radius 2 is 2.15 bits per heavy atom. The predicted octanol–water partition coefficient (Wildman–Crippen LogP) is 2.87. The van der Waals surface area contributed by atoms with Crippen LogP contribution in [0.25, 0.3) is 0 Å². The van der Waals surface area contributed by atoms with E-state index in [0.29, 0.717) is 17.2 Å². The molecule has 20 heavy (non-hydrogen) atoms.